The van der Waals surface area contributed by atoms with E-state index in [1.165, 1.54) is 37.1 Å². The van der Waals surface area contributed by atoms with Crippen molar-refractivity contribution in [2.45, 2.75) is 32.8 Å². The van der Waals surface area contributed by atoms with Crippen LogP contribution >= 0.6 is 0 Å². The van der Waals surface area contributed by atoms with Crippen LogP contribution in [-0.2, 0) is 11.3 Å². The van der Waals surface area contributed by atoms with Crippen LogP contribution in [0, 0.1) is 0 Å². The lowest BCUT2D eigenvalue weighted by Crippen LogP contribution is -2.38. The molecule has 3 amide bonds. The first-order valence-corrected chi connectivity index (χ1v) is 8.78. The summed E-state index contributed by atoms with van der Waals surface area (Å²) in [5.41, 5.74) is 1.59. The van der Waals surface area contributed by atoms with E-state index in [1.807, 2.05) is 0 Å². The van der Waals surface area contributed by atoms with E-state index in [4.69, 9.17) is 0 Å². The maximum absolute atomic E-state index is 12.5. The summed E-state index contributed by atoms with van der Waals surface area (Å²) in [6.45, 7) is 3.09. The van der Waals surface area contributed by atoms with Crippen molar-refractivity contribution in [1.29, 1.82) is 0 Å². The minimum absolute atomic E-state index is 0.0727. The molecule has 9 heteroatoms. The maximum Gasteiger partial charge on any atom is 0.573 e. The number of halogens is 3. The lowest BCUT2D eigenvalue weighted by molar-refractivity contribution is -0.275. The van der Waals surface area contributed by atoms with E-state index in [0.29, 0.717) is 5.69 Å². The monoisotopic (exact) mass is 409 g/mol. The van der Waals surface area contributed by atoms with Gasteiger partial charge in [-0.2, -0.15) is 0 Å². The molecule has 2 N–H and O–H groups in total. The summed E-state index contributed by atoms with van der Waals surface area (Å²) in [7, 11) is 1.47. The number of alkyl halides is 3. The van der Waals surface area contributed by atoms with Gasteiger partial charge in [-0.1, -0.05) is 30.3 Å². The Morgan fingerprint density at radius 1 is 1.14 bits per heavy atom. The second-order valence-corrected chi connectivity index (χ2v) is 6.49. The van der Waals surface area contributed by atoms with E-state index >= 15 is 0 Å². The van der Waals surface area contributed by atoms with E-state index in [0.717, 1.165) is 5.56 Å². The van der Waals surface area contributed by atoms with Gasteiger partial charge in [0, 0.05) is 25.2 Å². The van der Waals surface area contributed by atoms with Gasteiger partial charge < -0.3 is 20.3 Å². The molecule has 0 spiro atoms. The van der Waals surface area contributed by atoms with E-state index in [-0.39, 0.29) is 29.8 Å². The predicted octanol–water partition coefficient (Wildman–Crippen LogP) is 4.45. The molecule has 2 aromatic carbocycles. The van der Waals surface area contributed by atoms with E-state index in [9.17, 15) is 22.8 Å². The summed E-state index contributed by atoms with van der Waals surface area (Å²) >= 11 is 0. The number of rotatable bonds is 6. The Labute approximate surface area is 166 Å². The average molecular weight is 409 g/mol. The number of hydrogen-bond acceptors (Lipinski definition) is 3. The summed E-state index contributed by atoms with van der Waals surface area (Å²) in [6, 6.07) is 11.8. The molecule has 0 saturated carbocycles. The Bertz CT molecular complexity index is 871. The van der Waals surface area contributed by atoms with Crippen molar-refractivity contribution in [1.82, 2.24) is 10.2 Å². The number of anilines is 1. The zero-order valence-electron chi connectivity index (χ0n) is 16.2. The SMILES string of the molecule is CC(=O)Nc1cccc(C(C)NC(=O)N(C)Cc2ccccc2OC(F)(F)F)c1. The standard InChI is InChI=1S/C20H22F3N3O3/c1-13(15-8-6-9-17(11-15)25-14(2)27)24-19(28)26(3)12-16-7-4-5-10-18(16)29-20(21,22)23/h4-11,13H,12H2,1-3H3,(H,24,28)(H,25,27). The highest BCUT2D eigenvalue weighted by molar-refractivity contribution is 5.88. The number of amides is 3. The van der Waals surface area contributed by atoms with Gasteiger partial charge in [0.25, 0.3) is 0 Å². The Balaban J connectivity index is 2.03. The number of nitrogens with zero attached hydrogens (tertiary/aromatic N) is 1. The fourth-order valence-electron chi connectivity index (χ4n) is 2.65. The second-order valence-electron chi connectivity index (χ2n) is 6.49. The molecule has 29 heavy (non-hydrogen) atoms. The normalized spacial score (nSPS) is 12.1. The molecule has 0 aliphatic rings. The van der Waals surface area contributed by atoms with Gasteiger partial charge in [-0.3, -0.25) is 4.79 Å². The molecule has 0 aliphatic heterocycles. The third kappa shape index (κ3) is 7.02. The van der Waals surface area contributed by atoms with Gasteiger partial charge in [-0.25, -0.2) is 4.79 Å². The molecule has 0 aromatic heterocycles. The highest BCUT2D eigenvalue weighted by Gasteiger charge is 2.32. The van der Waals surface area contributed by atoms with Crippen molar-refractivity contribution in [3.63, 3.8) is 0 Å². The number of carbonyl (C=O) groups excluding carboxylic acids is 2. The number of para-hydroxylation sites is 1. The zero-order valence-corrected chi connectivity index (χ0v) is 16.2. The average Bonchev–Trinajstić information content (AvgIpc) is 2.61. The van der Waals surface area contributed by atoms with Crippen LogP contribution in [0.2, 0.25) is 0 Å². The molecule has 6 nitrogen and oxygen atoms in total. The van der Waals surface area contributed by atoms with E-state index < -0.39 is 12.4 Å². The molecule has 1 unspecified atom stereocenters. The third-order valence-electron chi connectivity index (χ3n) is 4.00. The smallest absolute Gasteiger partial charge is 0.405 e. The van der Waals surface area contributed by atoms with Gasteiger partial charge in [0.05, 0.1) is 12.6 Å². The summed E-state index contributed by atoms with van der Waals surface area (Å²) in [6.07, 6.45) is -4.82. The van der Waals surface area contributed by atoms with Crippen LogP contribution in [0.15, 0.2) is 48.5 Å². The Kier molecular flexibility index (Phi) is 7.08. The highest BCUT2D eigenvalue weighted by Crippen LogP contribution is 2.27. The van der Waals surface area contributed by atoms with E-state index in [2.05, 4.69) is 15.4 Å². The number of hydrogen-bond donors (Lipinski definition) is 2. The van der Waals surface area contributed by atoms with Gasteiger partial charge in [0.1, 0.15) is 5.75 Å². The molecular formula is C20H22F3N3O3. The molecule has 1 atom stereocenters. The fourth-order valence-corrected chi connectivity index (χ4v) is 2.65. The highest BCUT2D eigenvalue weighted by atomic mass is 19.4. The Hall–Kier alpha value is -3.23. The molecule has 0 radical (unpaired) electrons. The maximum atomic E-state index is 12.5. The largest absolute Gasteiger partial charge is 0.573 e. The molecule has 156 valence electrons. The molecule has 2 aromatic rings. The van der Waals surface area contributed by atoms with Crippen LogP contribution in [0.25, 0.3) is 0 Å². The van der Waals surface area contributed by atoms with Gasteiger partial charge in [-0.05, 0) is 30.7 Å². The summed E-state index contributed by atoms with van der Waals surface area (Å²) in [5.74, 6) is -0.561. The predicted molar refractivity (Wildman–Crippen MR) is 102 cm³/mol. The molecule has 0 bridgehead atoms. The first-order chi connectivity index (χ1) is 13.5. The second kappa shape index (κ2) is 9.31. The molecule has 0 heterocycles. The Morgan fingerprint density at radius 3 is 2.48 bits per heavy atom. The minimum atomic E-state index is -4.82. The lowest BCUT2D eigenvalue weighted by atomic mass is 10.1. The van der Waals surface area contributed by atoms with Crippen LogP contribution in [0.4, 0.5) is 23.7 Å². The van der Waals surface area contributed by atoms with Crippen molar-refractivity contribution in [2.75, 3.05) is 12.4 Å². The third-order valence-corrected chi connectivity index (χ3v) is 4.00. The lowest BCUT2D eigenvalue weighted by Gasteiger charge is -2.23. The van der Waals surface area contributed by atoms with Gasteiger partial charge in [-0.15, -0.1) is 13.2 Å². The summed E-state index contributed by atoms with van der Waals surface area (Å²) in [4.78, 5) is 24.9. The molecule has 0 fully saturated rings. The van der Waals surface area contributed by atoms with Crippen LogP contribution in [0.5, 0.6) is 5.75 Å². The molecule has 0 saturated heterocycles. The van der Waals surface area contributed by atoms with Crippen molar-refractivity contribution >= 4 is 17.6 Å². The first-order valence-electron chi connectivity index (χ1n) is 8.78. The van der Waals surface area contributed by atoms with E-state index in [1.54, 1.807) is 37.3 Å². The Morgan fingerprint density at radius 2 is 1.83 bits per heavy atom. The quantitative estimate of drug-likeness (QED) is 0.741. The minimum Gasteiger partial charge on any atom is -0.405 e. The topological polar surface area (TPSA) is 70.7 Å². The van der Waals surface area contributed by atoms with Crippen molar-refractivity contribution in [3.8, 4) is 5.75 Å². The molecule has 2 rings (SSSR count). The number of benzene rings is 2. The number of carbonyl (C=O) groups is 2. The van der Waals surface area contributed by atoms with Gasteiger partial charge in [0.2, 0.25) is 5.91 Å². The number of ether oxygens (including phenoxy) is 1. The first kappa shape index (κ1) is 22.1. The van der Waals surface area contributed by atoms with Crippen LogP contribution in [0.3, 0.4) is 0 Å². The van der Waals surface area contributed by atoms with Crippen LogP contribution in [-0.4, -0.2) is 30.2 Å². The van der Waals surface area contributed by atoms with Crippen molar-refractivity contribution < 1.29 is 27.5 Å². The molecular weight excluding hydrogens is 387 g/mol. The van der Waals surface area contributed by atoms with Crippen LogP contribution in [0.1, 0.15) is 31.0 Å². The molecule has 0 aliphatic carbocycles. The van der Waals surface area contributed by atoms with Crippen LogP contribution < -0.4 is 15.4 Å². The van der Waals surface area contributed by atoms with Gasteiger partial charge >= 0.3 is 12.4 Å². The van der Waals surface area contributed by atoms with Crippen molar-refractivity contribution in [2.24, 2.45) is 0 Å². The summed E-state index contributed by atoms with van der Waals surface area (Å²) < 4.78 is 41.7. The number of urea groups is 1. The number of nitrogens with one attached hydrogen (secondary N) is 2. The fraction of sp³-hybridized carbons (Fsp3) is 0.300. The summed E-state index contributed by atoms with van der Waals surface area (Å²) in [5, 5.41) is 5.44. The van der Waals surface area contributed by atoms with Gasteiger partial charge in [0.15, 0.2) is 0 Å². The van der Waals surface area contributed by atoms with Crippen molar-refractivity contribution in [3.05, 3.63) is 59.7 Å². The zero-order chi connectivity index (χ0) is 21.6.